The quantitative estimate of drug-likeness (QED) is 0.596. The molecule has 1 amide bonds. The van der Waals surface area contributed by atoms with Crippen LogP contribution >= 0.6 is 27.3 Å². The van der Waals surface area contributed by atoms with Gasteiger partial charge in [-0.05, 0) is 36.4 Å². The van der Waals surface area contributed by atoms with E-state index >= 15 is 0 Å². The lowest BCUT2D eigenvalue weighted by atomic mass is 10.1. The number of rotatable bonds is 4. The minimum absolute atomic E-state index is 0.00570. The van der Waals surface area contributed by atoms with Crippen molar-refractivity contribution in [3.63, 3.8) is 0 Å². The predicted octanol–water partition coefficient (Wildman–Crippen LogP) is 4.28. The van der Waals surface area contributed by atoms with Crippen LogP contribution < -0.4 is 5.32 Å². The number of amides is 1. The molecular weight excluding hydrogens is 444 g/mol. The van der Waals surface area contributed by atoms with Gasteiger partial charge >= 0.3 is 5.97 Å². The fraction of sp³-hybridized carbons (Fsp3) is 0.0588. The number of halogens is 3. The zero-order chi connectivity index (χ0) is 19.6. The topological polar surface area (TPSA) is 81.2 Å². The Morgan fingerprint density at radius 3 is 2.26 bits per heavy atom. The Balaban J connectivity index is 1.78. The summed E-state index contributed by atoms with van der Waals surface area (Å²) < 4.78 is 32.9. The molecule has 6 nitrogen and oxygen atoms in total. The molecule has 0 fully saturated rings. The molecule has 0 unspecified atom stereocenters. The van der Waals surface area contributed by atoms with Crippen LogP contribution in [0.15, 0.2) is 40.9 Å². The summed E-state index contributed by atoms with van der Waals surface area (Å²) in [6.07, 6.45) is 0. The van der Waals surface area contributed by atoms with Crippen molar-refractivity contribution in [2.24, 2.45) is 0 Å². The number of methoxy groups -OCH3 is 1. The van der Waals surface area contributed by atoms with Crippen LogP contribution in [-0.2, 0) is 4.74 Å². The highest BCUT2D eigenvalue weighted by atomic mass is 79.9. The summed E-state index contributed by atoms with van der Waals surface area (Å²) in [6, 6.07) is 7.99. The van der Waals surface area contributed by atoms with Crippen LogP contribution in [0.4, 0.5) is 13.9 Å². The van der Waals surface area contributed by atoms with E-state index in [0.29, 0.717) is 5.56 Å². The number of ether oxygens (including phenoxy) is 1. The van der Waals surface area contributed by atoms with Gasteiger partial charge in [0, 0.05) is 10.0 Å². The monoisotopic (exact) mass is 453 g/mol. The number of esters is 1. The highest BCUT2D eigenvalue weighted by molar-refractivity contribution is 9.10. The van der Waals surface area contributed by atoms with E-state index in [0.717, 1.165) is 23.5 Å². The van der Waals surface area contributed by atoms with Crippen LogP contribution in [0, 0.1) is 11.6 Å². The van der Waals surface area contributed by atoms with Gasteiger partial charge in [0.2, 0.25) is 5.13 Å². The smallest absolute Gasteiger partial charge is 0.337 e. The largest absolute Gasteiger partial charge is 0.465 e. The summed E-state index contributed by atoms with van der Waals surface area (Å²) >= 11 is 3.83. The first-order valence-electron chi connectivity index (χ1n) is 7.37. The second kappa shape index (κ2) is 7.89. The molecule has 0 aliphatic rings. The van der Waals surface area contributed by atoms with Gasteiger partial charge in [-0.15, -0.1) is 10.2 Å². The minimum Gasteiger partial charge on any atom is -0.465 e. The molecule has 1 N–H and O–H groups in total. The zero-order valence-corrected chi connectivity index (χ0v) is 16.0. The van der Waals surface area contributed by atoms with Gasteiger partial charge in [-0.3, -0.25) is 10.1 Å². The average molecular weight is 454 g/mol. The van der Waals surface area contributed by atoms with E-state index in [-0.39, 0.29) is 25.7 Å². The number of anilines is 1. The molecule has 3 rings (SSSR count). The normalized spacial score (nSPS) is 10.5. The maximum atomic E-state index is 14.0. The van der Waals surface area contributed by atoms with Crippen molar-refractivity contribution < 1.29 is 23.1 Å². The molecule has 0 radical (unpaired) electrons. The Kier molecular flexibility index (Phi) is 5.57. The molecule has 27 heavy (non-hydrogen) atoms. The maximum absolute atomic E-state index is 14.0. The molecular formula is C17H10BrF2N3O3S. The Hall–Kier alpha value is -2.72. The molecule has 1 heterocycles. The van der Waals surface area contributed by atoms with Crippen LogP contribution in [0.5, 0.6) is 0 Å². The van der Waals surface area contributed by atoms with Crippen molar-refractivity contribution in [1.82, 2.24) is 10.2 Å². The van der Waals surface area contributed by atoms with Crippen molar-refractivity contribution in [2.45, 2.75) is 0 Å². The van der Waals surface area contributed by atoms with Crippen LogP contribution in [0.25, 0.3) is 10.6 Å². The van der Waals surface area contributed by atoms with Crippen LogP contribution in [0.1, 0.15) is 20.7 Å². The highest BCUT2D eigenvalue weighted by Gasteiger charge is 2.18. The first-order valence-corrected chi connectivity index (χ1v) is 8.98. The van der Waals surface area contributed by atoms with Gasteiger partial charge in [0.05, 0.1) is 18.2 Å². The zero-order valence-electron chi connectivity index (χ0n) is 13.6. The summed E-state index contributed by atoms with van der Waals surface area (Å²) in [6.45, 7) is 0. The molecule has 2 aromatic carbocycles. The molecule has 0 spiro atoms. The molecule has 0 aliphatic carbocycles. The fourth-order valence-electron chi connectivity index (χ4n) is 2.17. The number of hydrogen-bond donors (Lipinski definition) is 1. The Labute approximate surface area is 164 Å². The SMILES string of the molecule is COC(=O)c1ccc(C(=O)Nc2nnc(-c3c(F)cc(Br)cc3F)s2)cc1. The Morgan fingerprint density at radius 2 is 1.67 bits per heavy atom. The number of hydrogen-bond acceptors (Lipinski definition) is 6. The molecule has 1 aromatic heterocycles. The van der Waals surface area contributed by atoms with Gasteiger partial charge in [-0.2, -0.15) is 0 Å². The third-order valence-electron chi connectivity index (χ3n) is 3.43. The third kappa shape index (κ3) is 4.17. The first kappa shape index (κ1) is 19.1. The predicted molar refractivity (Wildman–Crippen MR) is 98.7 cm³/mol. The molecule has 0 atom stereocenters. The van der Waals surface area contributed by atoms with E-state index in [4.69, 9.17) is 0 Å². The van der Waals surface area contributed by atoms with E-state index in [1.165, 1.54) is 31.4 Å². The summed E-state index contributed by atoms with van der Waals surface area (Å²) in [7, 11) is 1.26. The molecule has 3 aromatic rings. The van der Waals surface area contributed by atoms with Gasteiger partial charge in [-0.25, -0.2) is 13.6 Å². The Morgan fingerprint density at radius 1 is 1.07 bits per heavy atom. The molecule has 0 saturated heterocycles. The maximum Gasteiger partial charge on any atom is 0.337 e. The number of aromatic nitrogens is 2. The lowest BCUT2D eigenvalue weighted by Gasteiger charge is -2.03. The molecule has 0 bridgehead atoms. The molecule has 0 aliphatic heterocycles. The van der Waals surface area contributed by atoms with Crippen LogP contribution in [-0.4, -0.2) is 29.2 Å². The lowest BCUT2D eigenvalue weighted by molar-refractivity contribution is 0.0600. The lowest BCUT2D eigenvalue weighted by Crippen LogP contribution is -2.12. The van der Waals surface area contributed by atoms with Crippen LogP contribution in [0.2, 0.25) is 0 Å². The van der Waals surface area contributed by atoms with E-state index in [2.05, 4.69) is 36.2 Å². The summed E-state index contributed by atoms with van der Waals surface area (Å²) in [5.41, 5.74) is 0.243. The minimum atomic E-state index is -0.797. The standard InChI is InChI=1S/C17H10BrF2N3O3S/c1-26-16(25)9-4-2-8(3-5-9)14(24)21-17-23-22-15(27-17)13-11(19)6-10(18)7-12(13)20/h2-7H,1H3,(H,21,23,24). The van der Waals surface area contributed by atoms with Crippen molar-refractivity contribution in [2.75, 3.05) is 12.4 Å². The van der Waals surface area contributed by atoms with Crippen molar-refractivity contribution >= 4 is 44.3 Å². The average Bonchev–Trinajstić information content (AvgIpc) is 3.08. The highest BCUT2D eigenvalue weighted by Crippen LogP contribution is 2.32. The molecule has 10 heteroatoms. The fourth-order valence-corrected chi connectivity index (χ4v) is 3.36. The third-order valence-corrected chi connectivity index (χ3v) is 4.75. The number of carbonyl (C=O) groups excluding carboxylic acids is 2. The van der Waals surface area contributed by atoms with Crippen molar-refractivity contribution in [3.8, 4) is 10.6 Å². The summed E-state index contributed by atoms with van der Waals surface area (Å²) in [5.74, 6) is -2.62. The summed E-state index contributed by atoms with van der Waals surface area (Å²) in [4.78, 5) is 23.6. The molecule has 138 valence electrons. The van der Waals surface area contributed by atoms with Gasteiger partial charge in [0.15, 0.2) is 5.01 Å². The number of nitrogens with zero attached hydrogens (tertiary/aromatic N) is 2. The number of carbonyl (C=O) groups is 2. The van der Waals surface area contributed by atoms with E-state index in [1.807, 2.05) is 0 Å². The number of nitrogens with one attached hydrogen (secondary N) is 1. The van der Waals surface area contributed by atoms with Gasteiger partial charge in [-0.1, -0.05) is 27.3 Å². The second-order valence-electron chi connectivity index (χ2n) is 5.18. The van der Waals surface area contributed by atoms with Gasteiger partial charge < -0.3 is 4.74 Å². The van der Waals surface area contributed by atoms with E-state index in [9.17, 15) is 18.4 Å². The van der Waals surface area contributed by atoms with Gasteiger partial charge in [0.25, 0.3) is 5.91 Å². The Bertz CT molecular complexity index is 1000. The van der Waals surface area contributed by atoms with E-state index in [1.54, 1.807) is 0 Å². The van der Waals surface area contributed by atoms with E-state index < -0.39 is 23.5 Å². The molecule has 0 saturated carbocycles. The van der Waals surface area contributed by atoms with Crippen LogP contribution in [0.3, 0.4) is 0 Å². The van der Waals surface area contributed by atoms with Crippen molar-refractivity contribution in [1.29, 1.82) is 0 Å². The second-order valence-corrected chi connectivity index (χ2v) is 7.07. The number of benzene rings is 2. The van der Waals surface area contributed by atoms with Crippen molar-refractivity contribution in [3.05, 3.63) is 63.6 Å². The summed E-state index contributed by atoms with van der Waals surface area (Å²) in [5, 5.41) is 10.0. The van der Waals surface area contributed by atoms with Gasteiger partial charge in [0.1, 0.15) is 11.6 Å². The first-order chi connectivity index (χ1) is 12.9.